The predicted molar refractivity (Wildman–Crippen MR) is 92.5 cm³/mol. The van der Waals surface area contributed by atoms with Gasteiger partial charge < -0.3 is 15.8 Å². The normalized spacial score (nSPS) is 11.5. The van der Waals surface area contributed by atoms with Crippen molar-refractivity contribution in [3.8, 4) is 5.75 Å². The molecule has 0 aromatic heterocycles. The Labute approximate surface area is 132 Å². The van der Waals surface area contributed by atoms with Gasteiger partial charge >= 0.3 is 0 Å². The van der Waals surface area contributed by atoms with Gasteiger partial charge in [0.15, 0.2) is 5.96 Å². The average Bonchev–Trinajstić information content (AvgIpc) is 2.50. The summed E-state index contributed by atoms with van der Waals surface area (Å²) in [5.41, 5.74) is 8.05. The van der Waals surface area contributed by atoms with Crippen molar-refractivity contribution in [2.75, 3.05) is 11.9 Å². The number of nitrogens with two attached hydrogens (primary N) is 1. The van der Waals surface area contributed by atoms with Crippen LogP contribution >= 0.6 is 0 Å². The number of nitrogens with zero attached hydrogens (tertiary/aromatic N) is 1. The lowest BCUT2D eigenvalue weighted by atomic mass is 10.2. The van der Waals surface area contributed by atoms with E-state index in [0.29, 0.717) is 12.5 Å². The molecule has 0 spiro atoms. The highest BCUT2D eigenvalue weighted by Gasteiger charge is 1.99. The lowest BCUT2D eigenvalue weighted by molar-refractivity contribution is 0.242. The van der Waals surface area contributed by atoms with E-state index in [1.165, 1.54) is 5.56 Å². The summed E-state index contributed by atoms with van der Waals surface area (Å²) >= 11 is 0. The summed E-state index contributed by atoms with van der Waals surface area (Å²) < 4.78 is 5.60. The van der Waals surface area contributed by atoms with E-state index in [9.17, 15) is 0 Å². The summed E-state index contributed by atoms with van der Waals surface area (Å²) in [7, 11) is 0. The summed E-state index contributed by atoms with van der Waals surface area (Å²) in [6.07, 6.45) is 1.05. The fraction of sp³-hybridized carbons (Fsp3) is 0.278. The van der Waals surface area contributed by atoms with Crippen LogP contribution in [0.1, 0.15) is 19.4 Å². The number of nitrogens with one attached hydrogen (secondary N) is 1. The summed E-state index contributed by atoms with van der Waals surface area (Å²) in [6, 6.07) is 17.9. The van der Waals surface area contributed by atoms with E-state index in [2.05, 4.69) is 22.4 Å². The van der Waals surface area contributed by atoms with Gasteiger partial charge in [-0.3, -0.25) is 4.99 Å². The van der Waals surface area contributed by atoms with E-state index in [1.807, 2.05) is 56.3 Å². The highest BCUT2D eigenvalue weighted by Crippen LogP contribution is 2.16. The zero-order chi connectivity index (χ0) is 15.8. The number of benzene rings is 2. The Morgan fingerprint density at radius 2 is 1.77 bits per heavy atom. The SMILES string of the molecule is CC(C)Oc1ccc(NC(N)=NCCc2ccccc2)cc1. The molecule has 0 radical (unpaired) electrons. The van der Waals surface area contributed by atoms with Gasteiger partial charge in [-0.25, -0.2) is 0 Å². The van der Waals surface area contributed by atoms with Gasteiger partial charge in [0.2, 0.25) is 0 Å². The number of ether oxygens (including phenoxy) is 1. The average molecular weight is 297 g/mol. The highest BCUT2D eigenvalue weighted by molar-refractivity contribution is 5.92. The van der Waals surface area contributed by atoms with Gasteiger partial charge in [0.1, 0.15) is 5.75 Å². The maximum Gasteiger partial charge on any atom is 0.193 e. The molecule has 4 heteroatoms. The first-order valence-corrected chi connectivity index (χ1v) is 7.51. The van der Waals surface area contributed by atoms with Crippen LogP contribution in [0, 0.1) is 0 Å². The second kappa shape index (κ2) is 8.08. The largest absolute Gasteiger partial charge is 0.491 e. The molecule has 4 nitrogen and oxygen atoms in total. The second-order valence-corrected chi connectivity index (χ2v) is 5.32. The monoisotopic (exact) mass is 297 g/mol. The van der Waals surface area contributed by atoms with Crippen LogP contribution in [0.4, 0.5) is 5.69 Å². The van der Waals surface area contributed by atoms with Crippen LogP contribution in [-0.4, -0.2) is 18.6 Å². The smallest absolute Gasteiger partial charge is 0.193 e. The van der Waals surface area contributed by atoms with E-state index in [0.717, 1.165) is 17.9 Å². The molecule has 0 aliphatic carbocycles. The number of hydrogen-bond acceptors (Lipinski definition) is 2. The van der Waals surface area contributed by atoms with E-state index in [-0.39, 0.29) is 6.10 Å². The molecule has 2 aromatic carbocycles. The van der Waals surface area contributed by atoms with E-state index < -0.39 is 0 Å². The maximum absolute atomic E-state index is 5.90. The van der Waals surface area contributed by atoms with Crippen LogP contribution < -0.4 is 15.8 Å². The molecule has 0 amide bonds. The third-order valence-electron chi connectivity index (χ3n) is 3.02. The minimum absolute atomic E-state index is 0.170. The Balaban J connectivity index is 1.83. The zero-order valence-electron chi connectivity index (χ0n) is 13.1. The molecule has 116 valence electrons. The number of anilines is 1. The zero-order valence-corrected chi connectivity index (χ0v) is 13.1. The third kappa shape index (κ3) is 5.48. The first-order chi connectivity index (χ1) is 10.6. The molecule has 22 heavy (non-hydrogen) atoms. The Hall–Kier alpha value is -2.49. The van der Waals surface area contributed by atoms with Crippen molar-refractivity contribution in [3.05, 3.63) is 60.2 Å². The number of hydrogen-bond donors (Lipinski definition) is 2. The molecule has 0 aliphatic heterocycles. The minimum Gasteiger partial charge on any atom is -0.491 e. The molecule has 0 unspecified atom stereocenters. The van der Waals surface area contributed by atoms with Gasteiger partial charge in [-0.15, -0.1) is 0 Å². The van der Waals surface area contributed by atoms with E-state index >= 15 is 0 Å². The van der Waals surface area contributed by atoms with Gasteiger partial charge in [0, 0.05) is 12.2 Å². The first-order valence-electron chi connectivity index (χ1n) is 7.51. The highest BCUT2D eigenvalue weighted by atomic mass is 16.5. The summed E-state index contributed by atoms with van der Waals surface area (Å²) in [4.78, 5) is 4.34. The molecule has 0 bridgehead atoms. The quantitative estimate of drug-likeness (QED) is 0.634. The Kier molecular flexibility index (Phi) is 5.83. The third-order valence-corrected chi connectivity index (χ3v) is 3.02. The molecule has 0 fully saturated rings. The lowest BCUT2D eigenvalue weighted by Crippen LogP contribution is -2.23. The van der Waals surface area contributed by atoms with Crippen LogP contribution in [0.15, 0.2) is 59.6 Å². The summed E-state index contributed by atoms with van der Waals surface area (Å²) in [5, 5.41) is 3.08. The van der Waals surface area contributed by atoms with Crippen LogP contribution in [0.2, 0.25) is 0 Å². The summed E-state index contributed by atoms with van der Waals surface area (Å²) in [5.74, 6) is 1.27. The van der Waals surface area contributed by atoms with Crippen molar-refractivity contribution < 1.29 is 4.74 Å². The predicted octanol–water partition coefficient (Wildman–Crippen LogP) is 3.44. The first kappa shape index (κ1) is 15.9. The standard InChI is InChI=1S/C18H23N3O/c1-14(2)22-17-10-8-16(9-11-17)21-18(19)20-13-12-15-6-4-3-5-7-15/h3-11,14H,12-13H2,1-2H3,(H3,19,20,21). The molecule has 0 saturated carbocycles. The number of guanidine groups is 1. The molecule has 0 atom stereocenters. The van der Waals surface area contributed by atoms with Gasteiger partial charge in [0.25, 0.3) is 0 Å². The van der Waals surface area contributed by atoms with Crippen molar-refractivity contribution in [1.29, 1.82) is 0 Å². The molecule has 0 aliphatic rings. The number of rotatable bonds is 6. The van der Waals surface area contributed by atoms with Gasteiger partial charge in [-0.1, -0.05) is 30.3 Å². The Morgan fingerprint density at radius 3 is 2.41 bits per heavy atom. The van der Waals surface area contributed by atoms with Crippen molar-refractivity contribution in [3.63, 3.8) is 0 Å². The van der Waals surface area contributed by atoms with Crippen molar-refractivity contribution in [2.24, 2.45) is 10.7 Å². The lowest BCUT2D eigenvalue weighted by Gasteiger charge is -2.11. The van der Waals surface area contributed by atoms with Crippen molar-refractivity contribution in [1.82, 2.24) is 0 Å². The van der Waals surface area contributed by atoms with Gasteiger partial charge in [0.05, 0.1) is 6.10 Å². The fourth-order valence-corrected chi connectivity index (χ4v) is 2.03. The van der Waals surface area contributed by atoms with Gasteiger partial charge in [-0.2, -0.15) is 0 Å². The Bertz CT molecular complexity index is 591. The molecular weight excluding hydrogens is 274 g/mol. The van der Waals surface area contributed by atoms with E-state index in [4.69, 9.17) is 10.5 Å². The molecule has 0 heterocycles. The summed E-state index contributed by atoms with van der Waals surface area (Å²) in [6.45, 7) is 4.67. The molecule has 3 N–H and O–H groups in total. The maximum atomic E-state index is 5.90. The van der Waals surface area contributed by atoms with Crippen LogP contribution in [0.5, 0.6) is 5.75 Å². The van der Waals surface area contributed by atoms with Crippen molar-refractivity contribution >= 4 is 11.6 Å². The molecule has 2 rings (SSSR count). The van der Waals surface area contributed by atoms with E-state index in [1.54, 1.807) is 0 Å². The van der Waals surface area contributed by atoms with Crippen LogP contribution in [-0.2, 0) is 6.42 Å². The second-order valence-electron chi connectivity index (χ2n) is 5.32. The minimum atomic E-state index is 0.170. The number of aliphatic imine (C=N–C) groups is 1. The topological polar surface area (TPSA) is 59.6 Å². The molecule has 0 saturated heterocycles. The molecular formula is C18H23N3O. The Morgan fingerprint density at radius 1 is 1.09 bits per heavy atom. The van der Waals surface area contributed by atoms with Crippen molar-refractivity contribution in [2.45, 2.75) is 26.4 Å². The van der Waals surface area contributed by atoms with Crippen LogP contribution in [0.3, 0.4) is 0 Å². The van der Waals surface area contributed by atoms with Crippen LogP contribution in [0.25, 0.3) is 0 Å². The fourth-order valence-electron chi connectivity index (χ4n) is 2.03. The van der Waals surface area contributed by atoms with Gasteiger partial charge in [-0.05, 0) is 50.1 Å². The molecule has 2 aromatic rings.